The number of aromatic nitrogens is 1. The molecular weight excluding hydrogens is 343 g/mol. The Morgan fingerprint density at radius 3 is 2.72 bits per heavy atom. The zero-order chi connectivity index (χ0) is 11.9. The lowest BCUT2D eigenvalue weighted by atomic mass is 10.1. The Balaban J connectivity index is 0.00000162. The van der Waals surface area contributed by atoms with E-state index >= 15 is 0 Å². The lowest BCUT2D eigenvalue weighted by Crippen LogP contribution is -2.39. The van der Waals surface area contributed by atoms with Crippen LogP contribution in [0.1, 0.15) is 44.2 Å². The molecule has 0 spiro atoms. The maximum absolute atomic E-state index is 5.85. The highest BCUT2D eigenvalue weighted by Crippen LogP contribution is 2.16. The molecule has 1 fully saturated rings. The standard InChI is InChI=1S/C12H20N4O.HI/c13-12(14-9-11-7-8-17-16-11)15-10-5-3-1-2-4-6-10;/h7-8,10H,1-6,9H2,(H3,13,14,15);1H. The molecule has 0 radical (unpaired) electrons. The number of guanidine groups is 1. The van der Waals surface area contributed by atoms with Crippen LogP contribution < -0.4 is 11.1 Å². The van der Waals surface area contributed by atoms with Crippen molar-refractivity contribution >= 4 is 29.9 Å². The molecule has 1 aromatic rings. The molecule has 1 saturated carbocycles. The van der Waals surface area contributed by atoms with Gasteiger partial charge in [-0.25, -0.2) is 4.99 Å². The summed E-state index contributed by atoms with van der Waals surface area (Å²) in [5.41, 5.74) is 6.65. The summed E-state index contributed by atoms with van der Waals surface area (Å²) in [7, 11) is 0. The largest absolute Gasteiger partial charge is 0.370 e. The molecule has 0 bridgehead atoms. The highest BCUT2D eigenvalue weighted by atomic mass is 127. The lowest BCUT2D eigenvalue weighted by Gasteiger charge is -2.16. The molecule has 0 aromatic carbocycles. The molecule has 0 unspecified atom stereocenters. The monoisotopic (exact) mass is 364 g/mol. The van der Waals surface area contributed by atoms with Crippen molar-refractivity contribution in [3.63, 3.8) is 0 Å². The van der Waals surface area contributed by atoms with Crippen LogP contribution in [0.2, 0.25) is 0 Å². The second-order valence-corrected chi connectivity index (χ2v) is 4.53. The van der Waals surface area contributed by atoms with Crippen molar-refractivity contribution in [3.05, 3.63) is 18.0 Å². The van der Waals surface area contributed by atoms with Crippen LogP contribution in [0.3, 0.4) is 0 Å². The summed E-state index contributed by atoms with van der Waals surface area (Å²) in [6.45, 7) is 0.474. The molecule has 0 saturated heterocycles. The maximum Gasteiger partial charge on any atom is 0.189 e. The highest BCUT2D eigenvalue weighted by Gasteiger charge is 2.12. The predicted octanol–water partition coefficient (Wildman–Crippen LogP) is 2.42. The fraction of sp³-hybridized carbons (Fsp3) is 0.667. The van der Waals surface area contributed by atoms with Gasteiger partial charge in [0.2, 0.25) is 0 Å². The highest BCUT2D eigenvalue weighted by molar-refractivity contribution is 14.0. The third-order valence-corrected chi connectivity index (χ3v) is 3.11. The van der Waals surface area contributed by atoms with E-state index in [9.17, 15) is 0 Å². The van der Waals surface area contributed by atoms with Crippen molar-refractivity contribution in [1.29, 1.82) is 0 Å². The minimum atomic E-state index is 0. The van der Waals surface area contributed by atoms with Crippen molar-refractivity contribution in [2.45, 2.75) is 51.1 Å². The van der Waals surface area contributed by atoms with Gasteiger partial charge < -0.3 is 15.6 Å². The molecule has 1 aliphatic rings. The summed E-state index contributed by atoms with van der Waals surface area (Å²) >= 11 is 0. The molecule has 5 nitrogen and oxygen atoms in total. The number of nitrogens with two attached hydrogens (primary N) is 1. The summed E-state index contributed by atoms with van der Waals surface area (Å²) in [4.78, 5) is 4.25. The molecule has 1 heterocycles. The summed E-state index contributed by atoms with van der Waals surface area (Å²) < 4.78 is 4.73. The van der Waals surface area contributed by atoms with Crippen molar-refractivity contribution in [1.82, 2.24) is 10.5 Å². The van der Waals surface area contributed by atoms with Crippen molar-refractivity contribution in [3.8, 4) is 0 Å². The van der Waals surface area contributed by atoms with Crippen LogP contribution in [0.4, 0.5) is 0 Å². The van der Waals surface area contributed by atoms with Gasteiger partial charge in [0.25, 0.3) is 0 Å². The van der Waals surface area contributed by atoms with Gasteiger partial charge in [0.15, 0.2) is 5.96 Å². The van der Waals surface area contributed by atoms with E-state index < -0.39 is 0 Å². The first kappa shape index (κ1) is 15.3. The average Bonchev–Trinajstić information content (AvgIpc) is 2.72. The van der Waals surface area contributed by atoms with Crippen LogP contribution >= 0.6 is 24.0 Å². The molecule has 1 aromatic heterocycles. The first-order chi connectivity index (χ1) is 8.34. The quantitative estimate of drug-likeness (QED) is 0.374. The number of hydrogen-bond acceptors (Lipinski definition) is 3. The molecule has 0 amide bonds. The molecule has 18 heavy (non-hydrogen) atoms. The van der Waals surface area contributed by atoms with Gasteiger partial charge in [0.1, 0.15) is 12.0 Å². The molecule has 0 atom stereocenters. The van der Waals surface area contributed by atoms with Crippen LogP contribution in [0, 0.1) is 0 Å². The first-order valence-electron chi connectivity index (χ1n) is 6.30. The minimum absolute atomic E-state index is 0. The SMILES string of the molecule is I.NC(=NCc1ccon1)NC1CCCCCC1. The van der Waals surface area contributed by atoms with Crippen LogP contribution in [-0.2, 0) is 6.54 Å². The summed E-state index contributed by atoms with van der Waals surface area (Å²) in [5, 5.41) is 7.08. The van der Waals surface area contributed by atoms with Crippen molar-refractivity contribution in [2.75, 3.05) is 0 Å². The van der Waals surface area contributed by atoms with Gasteiger partial charge in [-0.1, -0.05) is 30.8 Å². The molecule has 6 heteroatoms. The second-order valence-electron chi connectivity index (χ2n) is 4.53. The fourth-order valence-electron chi connectivity index (χ4n) is 2.16. The topological polar surface area (TPSA) is 76.4 Å². The number of hydrogen-bond donors (Lipinski definition) is 2. The molecule has 2 rings (SSSR count). The van der Waals surface area contributed by atoms with Crippen LogP contribution in [-0.4, -0.2) is 17.2 Å². The Hall–Kier alpha value is -0.790. The Bertz CT molecular complexity index is 345. The van der Waals surface area contributed by atoms with Gasteiger partial charge >= 0.3 is 0 Å². The zero-order valence-corrected chi connectivity index (χ0v) is 12.8. The Morgan fingerprint density at radius 2 is 2.11 bits per heavy atom. The third-order valence-electron chi connectivity index (χ3n) is 3.11. The smallest absolute Gasteiger partial charge is 0.189 e. The summed E-state index contributed by atoms with van der Waals surface area (Å²) in [6.07, 6.45) is 9.19. The van der Waals surface area contributed by atoms with Crippen LogP contribution in [0.25, 0.3) is 0 Å². The normalized spacial score (nSPS) is 17.9. The van der Waals surface area contributed by atoms with E-state index in [1.807, 2.05) is 0 Å². The molecule has 102 valence electrons. The predicted molar refractivity (Wildman–Crippen MR) is 81.9 cm³/mol. The van der Waals surface area contributed by atoms with Crippen LogP contribution in [0.5, 0.6) is 0 Å². The van der Waals surface area contributed by atoms with E-state index in [1.165, 1.54) is 38.5 Å². The molecular formula is C12H21IN4O. The second kappa shape index (κ2) is 8.34. The maximum atomic E-state index is 5.85. The Kier molecular flexibility index (Phi) is 7.07. The van der Waals surface area contributed by atoms with E-state index in [4.69, 9.17) is 10.3 Å². The number of nitrogens with one attached hydrogen (secondary N) is 1. The number of halogens is 1. The average molecular weight is 364 g/mol. The van der Waals surface area contributed by atoms with E-state index in [-0.39, 0.29) is 24.0 Å². The number of rotatable bonds is 3. The molecule has 3 N–H and O–H groups in total. The van der Waals surface area contributed by atoms with Crippen LogP contribution in [0.15, 0.2) is 21.8 Å². The number of aliphatic imine (C=N–C) groups is 1. The van der Waals surface area contributed by atoms with Gasteiger partial charge in [0, 0.05) is 12.1 Å². The minimum Gasteiger partial charge on any atom is -0.370 e. The zero-order valence-electron chi connectivity index (χ0n) is 10.5. The van der Waals surface area contributed by atoms with E-state index in [2.05, 4.69) is 15.5 Å². The van der Waals surface area contributed by atoms with Gasteiger partial charge in [-0.05, 0) is 12.8 Å². The number of nitrogens with zero attached hydrogens (tertiary/aromatic N) is 2. The van der Waals surface area contributed by atoms with E-state index in [0.717, 1.165) is 5.69 Å². The fourth-order valence-corrected chi connectivity index (χ4v) is 2.16. The third kappa shape index (κ3) is 5.24. The van der Waals surface area contributed by atoms with Gasteiger partial charge in [-0.2, -0.15) is 0 Å². The van der Waals surface area contributed by atoms with E-state index in [1.54, 1.807) is 12.3 Å². The van der Waals surface area contributed by atoms with Gasteiger partial charge in [-0.3, -0.25) is 0 Å². The van der Waals surface area contributed by atoms with Gasteiger partial charge in [-0.15, -0.1) is 24.0 Å². The lowest BCUT2D eigenvalue weighted by molar-refractivity contribution is 0.412. The van der Waals surface area contributed by atoms with Gasteiger partial charge in [0.05, 0.1) is 6.54 Å². The molecule has 1 aliphatic carbocycles. The first-order valence-corrected chi connectivity index (χ1v) is 6.30. The van der Waals surface area contributed by atoms with E-state index in [0.29, 0.717) is 18.5 Å². The Morgan fingerprint density at radius 1 is 1.39 bits per heavy atom. The summed E-state index contributed by atoms with van der Waals surface area (Å²) in [6, 6.07) is 2.28. The Labute approximate surface area is 125 Å². The van der Waals surface area contributed by atoms with Crippen molar-refractivity contribution < 1.29 is 4.52 Å². The summed E-state index contributed by atoms with van der Waals surface area (Å²) in [5.74, 6) is 0.514. The molecule has 0 aliphatic heterocycles. The van der Waals surface area contributed by atoms with Crippen molar-refractivity contribution in [2.24, 2.45) is 10.7 Å².